The van der Waals surface area contributed by atoms with Crippen molar-refractivity contribution in [2.24, 2.45) is 22.1 Å². The second-order valence-corrected chi connectivity index (χ2v) is 6.11. The molecule has 0 spiro atoms. The van der Waals surface area contributed by atoms with Crippen LogP contribution in [0.25, 0.3) is 0 Å². The fourth-order valence-electron chi connectivity index (χ4n) is 0.545. The molecule has 0 heterocycles. The van der Waals surface area contributed by atoms with E-state index in [1.807, 2.05) is 20.4 Å². The van der Waals surface area contributed by atoms with E-state index >= 15 is 0 Å². The summed E-state index contributed by atoms with van der Waals surface area (Å²) >= 11 is 0. The minimum Gasteiger partial charge on any atom is -0.411 e. The van der Waals surface area contributed by atoms with Crippen molar-refractivity contribution in [2.45, 2.75) is 48.1 Å². The highest BCUT2D eigenvalue weighted by molar-refractivity contribution is 6.42. The number of hydrogen-bond donors (Lipinski definition) is 0. The summed E-state index contributed by atoms with van der Waals surface area (Å²) < 4.78 is 10.6. The van der Waals surface area contributed by atoms with Crippen molar-refractivity contribution in [3.8, 4) is 0 Å². The van der Waals surface area contributed by atoms with Crippen LogP contribution in [0, 0.1) is 11.8 Å². The van der Waals surface area contributed by atoms with E-state index in [1.54, 1.807) is 0 Å². The van der Waals surface area contributed by atoms with Crippen molar-refractivity contribution in [3.05, 3.63) is 0 Å². The molecule has 0 rings (SSSR count). The van der Waals surface area contributed by atoms with Gasteiger partial charge in [-0.15, -0.1) is 10.3 Å². The van der Waals surface area contributed by atoms with Crippen molar-refractivity contribution in [1.29, 1.82) is 0 Å². The molecule has 0 radical (unpaired) electrons. The van der Waals surface area contributed by atoms with Gasteiger partial charge in [-0.2, -0.15) is 0 Å². The zero-order valence-electron chi connectivity index (χ0n) is 11.4. The number of hydrogen-bond acceptors (Lipinski definition) is 4. The average molecular weight is 244 g/mol. The molecule has 0 aromatic rings. The fourth-order valence-corrected chi connectivity index (χ4v) is 1.21. The van der Waals surface area contributed by atoms with Crippen LogP contribution in [0.4, 0.5) is 0 Å². The van der Waals surface area contributed by atoms with Crippen LogP contribution in [-0.2, 0) is 9.05 Å². The van der Waals surface area contributed by atoms with Crippen molar-refractivity contribution in [1.82, 2.24) is 0 Å². The minimum absolute atomic E-state index is 0.405. The number of rotatable bonds is 6. The monoisotopic (exact) mass is 244 g/mol. The molecule has 0 aromatic carbocycles. The van der Waals surface area contributed by atoms with Gasteiger partial charge in [0.15, 0.2) is 0 Å². The Morgan fingerprint density at radius 2 is 1.19 bits per heavy atom. The SMILES string of the molecule is CC(=NO[SiH](C)ON=C(C)C(C)C)C(C)C. The largest absolute Gasteiger partial charge is 0.491 e. The van der Waals surface area contributed by atoms with E-state index in [2.05, 4.69) is 38.0 Å². The average Bonchev–Trinajstić information content (AvgIpc) is 2.21. The molecule has 16 heavy (non-hydrogen) atoms. The Morgan fingerprint density at radius 1 is 0.875 bits per heavy atom. The third-order valence-corrected chi connectivity index (χ3v) is 3.17. The Labute approximate surface area is 101 Å². The Kier molecular flexibility index (Phi) is 7.04. The highest BCUT2D eigenvalue weighted by Crippen LogP contribution is 2.01. The zero-order valence-corrected chi connectivity index (χ0v) is 12.6. The standard InChI is InChI=1S/C11H24N2O2Si/c1-8(2)10(5)12-14-16(7)15-13-11(6)9(3)4/h8-9,16H,1-7H3. The van der Waals surface area contributed by atoms with E-state index in [4.69, 9.17) is 9.05 Å². The lowest BCUT2D eigenvalue weighted by Gasteiger charge is -2.10. The van der Waals surface area contributed by atoms with Crippen LogP contribution in [0.15, 0.2) is 10.3 Å². The predicted molar refractivity (Wildman–Crippen MR) is 71.1 cm³/mol. The van der Waals surface area contributed by atoms with Crippen LogP contribution in [0.5, 0.6) is 0 Å². The summed E-state index contributed by atoms with van der Waals surface area (Å²) in [6.07, 6.45) is 0. The van der Waals surface area contributed by atoms with E-state index in [0.717, 1.165) is 11.4 Å². The molecule has 0 saturated heterocycles. The molecule has 4 nitrogen and oxygen atoms in total. The Balaban J connectivity index is 4.06. The van der Waals surface area contributed by atoms with Crippen molar-refractivity contribution >= 4 is 20.7 Å². The van der Waals surface area contributed by atoms with Gasteiger partial charge in [-0.3, -0.25) is 0 Å². The molecular formula is C11H24N2O2Si. The van der Waals surface area contributed by atoms with Gasteiger partial charge < -0.3 is 9.05 Å². The van der Waals surface area contributed by atoms with Crippen LogP contribution >= 0.6 is 0 Å². The van der Waals surface area contributed by atoms with Crippen LogP contribution in [0.1, 0.15) is 41.5 Å². The lowest BCUT2D eigenvalue weighted by atomic mass is 10.1. The first-order valence-corrected chi connectivity index (χ1v) is 7.85. The third kappa shape index (κ3) is 6.61. The molecule has 0 aliphatic carbocycles. The minimum atomic E-state index is -1.77. The third-order valence-electron chi connectivity index (χ3n) is 2.36. The molecule has 0 N–H and O–H groups in total. The first-order valence-electron chi connectivity index (χ1n) is 5.75. The predicted octanol–water partition coefficient (Wildman–Crippen LogP) is 2.93. The van der Waals surface area contributed by atoms with E-state index < -0.39 is 9.28 Å². The fraction of sp³-hybridized carbons (Fsp3) is 0.818. The molecule has 0 amide bonds. The van der Waals surface area contributed by atoms with Crippen molar-refractivity contribution < 1.29 is 9.05 Å². The summed E-state index contributed by atoms with van der Waals surface area (Å²) in [5.74, 6) is 0.809. The van der Waals surface area contributed by atoms with Gasteiger partial charge in [0, 0.05) is 6.55 Å². The van der Waals surface area contributed by atoms with Gasteiger partial charge in [0.1, 0.15) is 0 Å². The molecule has 94 valence electrons. The molecule has 0 bridgehead atoms. The molecule has 0 unspecified atom stereocenters. The van der Waals surface area contributed by atoms with Gasteiger partial charge in [-0.1, -0.05) is 27.7 Å². The van der Waals surface area contributed by atoms with Crippen LogP contribution in [0.2, 0.25) is 6.55 Å². The first-order chi connectivity index (χ1) is 7.34. The summed E-state index contributed by atoms with van der Waals surface area (Å²) in [6, 6.07) is 0. The second-order valence-electron chi connectivity index (χ2n) is 4.55. The summed E-state index contributed by atoms with van der Waals surface area (Å²) in [7, 11) is -1.77. The highest BCUT2D eigenvalue weighted by Gasteiger charge is 2.09. The molecule has 0 aromatic heterocycles. The Hall–Kier alpha value is -0.843. The van der Waals surface area contributed by atoms with Crippen LogP contribution in [-0.4, -0.2) is 20.7 Å². The van der Waals surface area contributed by atoms with Crippen LogP contribution in [0.3, 0.4) is 0 Å². The molecule has 0 aliphatic rings. The number of oxime groups is 2. The molecule has 0 fully saturated rings. The quantitative estimate of drug-likeness (QED) is 0.409. The summed E-state index contributed by atoms with van der Waals surface area (Å²) in [4.78, 5) is 0. The van der Waals surface area contributed by atoms with Crippen molar-refractivity contribution in [2.75, 3.05) is 0 Å². The Bertz CT molecular complexity index is 237. The van der Waals surface area contributed by atoms with Crippen molar-refractivity contribution in [3.63, 3.8) is 0 Å². The maximum atomic E-state index is 5.29. The lowest BCUT2D eigenvalue weighted by molar-refractivity contribution is 0.215. The van der Waals surface area contributed by atoms with Gasteiger partial charge in [0.25, 0.3) is 0 Å². The van der Waals surface area contributed by atoms with Gasteiger partial charge in [-0.05, 0) is 25.7 Å². The number of nitrogens with zero attached hydrogens (tertiary/aromatic N) is 2. The molecule has 0 atom stereocenters. The van der Waals surface area contributed by atoms with Gasteiger partial charge in [-0.25, -0.2) is 0 Å². The normalized spacial score (nSPS) is 15.6. The lowest BCUT2D eigenvalue weighted by Crippen LogP contribution is -2.16. The molecule has 5 heteroatoms. The summed E-state index contributed by atoms with van der Waals surface area (Å²) in [6.45, 7) is 14.1. The van der Waals surface area contributed by atoms with Crippen LogP contribution < -0.4 is 0 Å². The molecule has 0 aliphatic heterocycles. The second kappa shape index (κ2) is 7.43. The van der Waals surface area contributed by atoms with Gasteiger partial charge >= 0.3 is 9.28 Å². The Morgan fingerprint density at radius 3 is 1.44 bits per heavy atom. The maximum absolute atomic E-state index is 5.29. The molecular weight excluding hydrogens is 220 g/mol. The summed E-state index contributed by atoms with van der Waals surface area (Å²) in [5.41, 5.74) is 1.96. The van der Waals surface area contributed by atoms with E-state index in [1.165, 1.54) is 0 Å². The topological polar surface area (TPSA) is 43.2 Å². The first kappa shape index (κ1) is 15.2. The van der Waals surface area contributed by atoms with Gasteiger partial charge in [0.2, 0.25) is 0 Å². The maximum Gasteiger partial charge on any atom is 0.491 e. The van der Waals surface area contributed by atoms with E-state index in [0.29, 0.717) is 11.8 Å². The molecule has 0 saturated carbocycles. The van der Waals surface area contributed by atoms with Gasteiger partial charge in [0.05, 0.1) is 11.4 Å². The smallest absolute Gasteiger partial charge is 0.411 e. The highest BCUT2D eigenvalue weighted by atomic mass is 28.3. The summed E-state index contributed by atoms with van der Waals surface area (Å²) in [5, 5.41) is 8.06. The zero-order chi connectivity index (χ0) is 12.7. The van der Waals surface area contributed by atoms with E-state index in [-0.39, 0.29) is 0 Å². The van der Waals surface area contributed by atoms with E-state index in [9.17, 15) is 0 Å².